The minimum atomic E-state index is -0.0417. The van der Waals surface area contributed by atoms with Crippen molar-refractivity contribution in [2.24, 2.45) is 0 Å². The zero-order chi connectivity index (χ0) is 22.6. The first-order valence-corrected chi connectivity index (χ1v) is 12.0. The summed E-state index contributed by atoms with van der Waals surface area (Å²) in [4.78, 5) is 18.7. The molecule has 0 aliphatic carbocycles. The Labute approximate surface area is 199 Å². The molecule has 0 saturated carbocycles. The Balaban J connectivity index is 1.70. The van der Waals surface area contributed by atoms with E-state index in [1.165, 1.54) is 10.3 Å². The monoisotopic (exact) mass is 454 g/mol. The van der Waals surface area contributed by atoms with Crippen molar-refractivity contribution >= 4 is 48.1 Å². The van der Waals surface area contributed by atoms with Gasteiger partial charge in [0.25, 0.3) is 5.56 Å². The summed E-state index contributed by atoms with van der Waals surface area (Å²) in [6.45, 7) is 0. The van der Waals surface area contributed by atoms with Crippen molar-refractivity contribution < 1.29 is 0 Å². The molecule has 0 N–H and O–H groups in total. The summed E-state index contributed by atoms with van der Waals surface area (Å²) < 4.78 is 4.11. The highest BCUT2D eigenvalue weighted by Crippen LogP contribution is 2.41. The Morgan fingerprint density at radius 1 is 0.618 bits per heavy atom. The lowest BCUT2D eigenvalue weighted by Crippen LogP contribution is -2.17. The molecule has 3 heterocycles. The van der Waals surface area contributed by atoms with Gasteiger partial charge in [-0.3, -0.25) is 9.20 Å². The van der Waals surface area contributed by atoms with Gasteiger partial charge < -0.3 is 0 Å². The molecule has 4 heteroatoms. The lowest BCUT2D eigenvalue weighted by Gasteiger charge is -2.12. The van der Waals surface area contributed by atoms with Gasteiger partial charge in [-0.05, 0) is 47.0 Å². The van der Waals surface area contributed by atoms with Crippen molar-refractivity contribution in [1.82, 2.24) is 9.38 Å². The van der Waals surface area contributed by atoms with Crippen LogP contribution in [0.4, 0.5) is 0 Å². The summed E-state index contributed by atoms with van der Waals surface area (Å²) in [5, 5.41) is 2.87. The van der Waals surface area contributed by atoms with Crippen molar-refractivity contribution in [3.8, 4) is 22.4 Å². The van der Waals surface area contributed by atoms with Crippen LogP contribution in [0.25, 0.3) is 59.1 Å². The van der Waals surface area contributed by atoms with Gasteiger partial charge in [-0.2, -0.15) is 0 Å². The van der Waals surface area contributed by atoms with Gasteiger partial charge in [0, 0.05) is 20.2 Å². The fourth-order valence-electron chi connectivity index (χ4n) is 4.83. The molecule has 0 fully saturated rings. The quantitative estimate of drug-likeness (QED) is 0.253. The Bertz CT molecular complexity index is 1920. The lowest BCUT2D eigenvalue weighted by atomic mass is 10.0. The van der Waals surface area contributed by atoms with Gasteiger partial charge in [-0.1, -0.05) is 78.9 Å². The molecule has 0 unspecified atom stereocenters. The smallest absolute Gasteiger partial charge is 0.266 e. The van der Waals surface area contributed by atoms with Gasteiger partial charge >= 0.3 is 0 Å². The molecule has 0 radical (unpaired) electrons. The maximum Gasteiger partial charge on any atom is 0.266 e. The Morgan fingerprint density at radius 3 is 2.12 bits per heavy atom. The van der Waals surface area contributed by atoms with Crippen molar-refractivity contribution in [3.63, 3.8) is 0 Å². The van der Waals surface area contributed by atoms with E-state index in [4.69, 9.17) is 4.98 Å². The minimum absolute atomic E-state index is 0.0417. The van der Waals surface area contributed by atoms with Crippen LogP contribution in [0.1, 0.15) is 0 Å². The first kappa shape index (κ1) is 19.2. The molecule has 34 heavy (non-hydrogen) atoms. The van der Waals surface area contributed by atoms with Gasteiger partial charge in [-0.15, -0.1) is 11.3 Å². The van der Waals surface area contributed by atoms with Crippen LogP contribution in [0.2, 0.25) is 0 Å². The highest BCUT2D eigenvalue weighted by molar-refractivity contribution is 7.26. The molecular weight excluding hydrogens is 436 g/mol. The lowest BCUT2D eigenvalue weighted by molar-refractivity contribution is 1.10. The van der Waals surface area contributed by atoms with Gasteiger partial charge in [0.05, 0.1) is 16.6 Å². The maximum atomic E-state index is 13.8. The second kappa shape index (κ2) is 7.37. The number of pyridine rings is 1. The highest BCUT2D eigenvalue weighted by atomic mass is 32.1. The molecule has 3 nitrogen and oxygen atoms in total. The van der Waals surface area contributed by atoms with Crippen LogP contribution >= 0.6 is 11.3 Å². The van der Waals surface area contributed by atoms with E-state index in [1.807, 2.05) is 48.5 Å². The van der Waals surface area contributed by atoms with Crippen molar-refractivity contribution in [3.05, 3.63) is 120 Å². The van der Waals surface area contributed by atoms with E-state index in [0.29, 0.717) is 11.0 Å². The number of aromatic nitrogens is 2. The highest BCUT2D eigenvalue weighted by Gasteiger charge is 2.18. The molecule has 0 spiro atoms. The molecule has 0 atom stereocenters. The molecule has 0 bridgehead atoms. The SMILES string of the molecule is O=c1c2ccccc2nc2cc3sc4ccc(-c5ccccc5)cc4c3c(-c3ccccc3)n12. The number of benzene rings is 4. The number of rotatable bonds is 2. The van der Waals surface area contributed by atoms with Crippen molar-refractivity contribution in [2.45, 2.75) is 0 Å². The minimum Gasteiger partial charge on any atom is -0.268 e. The Hall–Kier alpha value is -4.28. The zero-order valence-electron chi connectivity index (χ0n) is 18.1. The Kier molecular flexibility index (Phi) is 4.16. The number of hydrogen-bond acceptors (Lipinski definition) is 3. The molecule has 7 rings (SSSR count). The van der Waals surface area contributed by atoms with Crippen LogP contribution in [0.5, 0.6) is 0 Å². The first-order chi connectivity index (χ1) is 16.8. The van der Waals surface area contributed by atoms with Crippen molar-refractivity contribution in [2.75, 3.05) is 0 Å². The molecule has 160 valence electrons. The fraction of sp³-hybridized carbons (Fsp3) is 0. The molecule has 0 saturated heterocycles. The number of nitrogens with zero attached hydrogens (tertiary/aromatic N) is 2. The van der Waals surface area contributed by atoms with E-state index in [0.717, 1.165) is 37.8 Å². The van der Waals surface area contributed by atoms with E-state index in [1.54, 1.807) is 15.7 Å². The van der Waals surface area contributed by atoms with Gasteiger partial charge in [0.2, 0.25) is 0 Å². The number of thiophene rings is 1. The van der Waals surface area contributed by atoms with E-state index >= 15 is 0 Å². The fourth-order valence-corrected chi connectivity index (χ4v) is 5.95. The third-order valence-corrected chi connectivity index (χ3v) is 7.51. The number of para-hydroxylation sites is 1. The van der Waals surface area contributed by atoms with Gasteiger partial charge in [0.1, 0.15) is 5.65 Å². The average molecular weight is 455 g/mol. The van der Waals surface area contributed by atoms with E-state index in [2.05, 4.69) is 60.7 Å². The molecule has 4 aromatic carbocycles. The molecule has 0 aliphatic heterocycles. The van der Waals surface area contributed by atoms with Crippen LogP contribution in [-0.2, 0) is 0 Å². The standard InChI is InChI=1S/C30H18N2OS/c33-30-22-13-7-8-14-24(22)31-27-18-26-28(29(32(27)30)20-11-5-2-6-12-20)23-17-21(15-16-25(23)34-26)19-9-3-1-4-10-19/h1-18H. The van der Waals surface area contributed by atoms with Crippen LogP contribution < -0.4 is 5.56 Å². The normalized spacial score (nSPS) is 11.6. The molecule has 0 amide bonds. The predicted molar refractivity (Wildman–Crippen MR) is 143 cm³/mol. The summed E-state index contributed by atoms with van der Waals surface area (Å²) in [7, 11) is 0. The van der Waals surface area contributed by atoms with Crippen molar-refractivity contribution in [1.29, 1.82) is 0 Å². The molecule has 3 aromatic heterocycles. The summed E-state index contributed by atoms with van der Waals surface area (Å²) in [5.74, 6) is 0. The predicted octanol–water partition coefficient (Wildman–Crippen LogP) is 7.55. The van der Waals surface area contributed by atoms with Gasteiger partial charge in [-0.25, -0.2) is 4.98 Å². The summed E-state index contributed by atoms with van der Waals surface area (Å²) in [6.07, 6.45) is 0. The first-order valence-electron chi connectivity index (χ1n) is 11.2. The number of hydrogen-bond donors (Lipinski definition) is 0. The average Bonchev–Trinajstić information content (AvgIpc) is 3.26. The zero-order valence-corrected chi connectivity index (χ0v) is 18.9. The van der Waals surface area contributed by atoms with E-state index in [-0.39, 0.29) is 5.56 Å². The van der Waals surface area contributed by atoms with Crippen LogP contribution in [0, 0.1) is 0 Å². The third-order valence-electron chi connectivity index (χ3n) is 6.39. The largest absolute Gasteiger partial charge is 0.268 e. The van der Waals surface area contributed by atoms with E-state index < -0.39 is 0 Å². The Morgan fingerprint density at radius 2 is 1.32 bits per heavy atom. The summed E-state index contributed by atoms with van der Waals surface area (Å²) in [5.41, 5.74) is 5.59. The topological polar surface area (TPSA) is 34.4 Å². The number of fused-ring (bicyclic) bond motifs is 5. The van der Waals surface area contributed by atoms with Crippen LogP contribution in [0.15, 0.2) is 114 Å². The molecular formula is C30H18N2OS. The summed E-state index contributed by atoms with van der Waals surface area (Å²) >= 11 is 1.75. The van der Waals surface area contributed by atoms with Crippen LogP contribution in [-0.4, -0.2) is 9.38 Å². The molecule has 0 aliphatic rings. The molecule has 7 aromatic rings. The second-order valence-electron chi connectivity index (χ2n) is 8.40. The third kappa shape index (κ3) is 2.82. The van der Waals surface area contributed by atoms with E-state index in [9.17, 15) is 4.79 Å². The maximum absolute atomic E-state index is 13.8. The second-order valence-corrected chi connectivity index (χ2v) is 9.49. The van der Waals surface area contributed by atoms with Crippen LogP contribution in [0.3, 0.4) is 0 Å². The summed E-state index contributed by atoms with van der Waals surface area (Å²) in [6, 6.07) is 36.8. The van der Waals surface area contributed by atoms with Gasteiger partial charge in [0.15, 0.2) is 0 Å².